The second-order valence-electron chi connectivity index (χ2n) is 9.13. The summed E-state index contributed by atoms with van der Waals surface area (Å²) in [5.74, 6) is -0.385. The van der Waals surface area contributed by atoms with Crippen LogP contribution in [-0.2, 0) is 29.0 Å². The topological polar surface area (TPSA) is 204 Å². The van der Waals surface area contributed by atoms with Crippen molar-refractivity contribution in [1.29, 1.82) is 5.26 Å². The van der Waals surface area contributed by atoms with Crippen LogP contribution in [0.15, 0.2) is 48.8 Å². The van der Waals surface area contributed by atoms with E-state index in [9.17, 15) is 24.8 Å². The molecule has 4 rings (SSSR count). The number of fused-ring (bicyclic) bond motifs is 1. The Balaban J connectivity index is 1.58. The number of hydrogen-bond acceptors (Lipinski definition) is 12. The number of nitrogen functional groups attached to an aromatic ring is 1. The number of ether oxygens (including phenoxy) is 2. The first-order chi connectivity index (χ1) is 18.5. The molecule has 0 saturated carbocycles. The monoisotopic (exact) mass is 560 g/mol. The van der Waals surface area contributed by atoms with E-state index in [1.54, 1.807) is 38.1 Å². The Kier molecular flexibility index (Phi) is 8.22. The number of aliphatic hydroxyl groups is 2. The molecule has 3 heterocycles. The number of nitrogens with one attached hydrogen (secondary N) is 1. The highest BCUT2D eigenvalue weighted by molar-refractivity contribution is 7.52. The van der Waals surface area contributed by atoms with Gasteiger partial charge in [0.2, 0.25) is 5.60 Å². The van der Waals surface area contributed by atoms with Crippen molar-refractivity contribution in [2.24, 2.45) is 0 Å². The van der Waals surface area contributed by atoms with E-state index in [1.807, 2.05) is 6.07 Å². The van der Waals surface area contributed by atoms with Crippen LogP contribution < -0.4 is 15.3 Å². The first kappa shape index (κ1) is 28.4. The van der Waals surface area contributed by atoms with Crippen molar-refractivity contribution in [2.45, 2.75) is 56.8 Å². The standard InChI is InChI=1S/C24H29N6O8P/c1-14(2)36-23(33)15(3)29-39(34,38-16-7-5-4-6-8-16)35-11-18-20(31)21(32)24(12-25,37-18)19-10-9-17-22(26)27-13-28-30(17)19/h4-10,13-15,18,20-21,31-32H,11H2,1-3H3,(H,29,34)(H2,26,27,28)/t15-,18+,20+,21+,24-,39+/m0/s1. The lowest BCUT2D eigenvalue weighted by Gasteiger charge is -2.25. The molecule has 208 valence electrons. The highest BCUT2D eigenvalue weighted by atomic mass is 31.2. The minimum atomic E-state index is -4.30. The van der Waals surface area contributed by atoms with Crippen molar-refractivity contribution in [3.63, 3.8) is 0 Å². The smallest absolute Gasteiger partial charge is 0.459 e. The number of carbonyl (C=O) groups excluding carboxylic acids is 1. The van der Waals surface area contributed by atoms with Crippen molar-refractivity contribution in [1.82, 2.24) is 19.7 Å². The molecule has 15 heteroatoms. The Morgan fingerprint density at radius 1 is 1.28 bits per heavy atom. The van der Waals surface area contributed by atoms with Crippen LogP contribution in [0.4, 0.5) is 5.82 Å². The lowest BCUT2D eigenvalue weighted by molar-refractivity contribution is -0.149. The number of esters is 1. The van der Waals surface area contributed by atoms with Crippen molar-refractivity contribution in [3.8, 4) is 11.8 Å². The fourth-order valence-corrected chi connectivity index (χ4v) is 5.56. The summed E-state index contributed by atoms with van der Waals surface area (Å²) in [4.78, 5) is 16.2. The zero-order chi connectivity index (χ0) is 28.4. The van der Waals surface area contributed by atoms with Crippen LogP contribution in [0.25, 0.3) is 5.52 Å². The molecule has 5 N–H and O–H groups in total. The second kappa shape index (κ2) is 11.3. The van der Waals surface area contributed by atoms with E-state index in [0.717, 1.165) is 0 Å². The first-order valence-electron chi connectivity index (χ1n) is 12.0. The average molecular weight is 561 g/mol. The normalized spacial score (nSPS) is 25.2. The first-order valence-corrected chi connectivity index (χ1v) is 13.6. The van der Waals surface area contributed by atoms with Crippen molar-refractivity contribution in [3.05, 3.63) is 54.5 Å². The van der Waals surface area contributed by atoms with Gasteiger partial charge in [-0.05, 0) is 45.0 Å². The zero-order valence-electron chi connectivity index (χ0n) is 21.4. The Bertz CT molecular complexity index is 1410. The van der Waals surface area contributed by atoms with Gasteiger partial charge in [0.05, 0.1) is 18.4 Å². The highest BCUT2D eigenvalue weighted by Gasteiger charge is 2.58. The van der Waals surface area contributed by atoms with Crippen LogP contribution in [0.1, 0.15) is 26.5 Å². The molecule has 0 bridgehead atoms. The fourth-order valence-electron chi connectivity index (χ4n) is 4.06. The van der Waals surface area contributed by atoms with E-state index in [2.05, 4.69) is 15.2 Å². The molecule has 0 radical (unpaired) electrons. The molecule has 14 nitrogen and oxygen atoms in total. The van der Waals surface area contributed by atoms with Crippen molar-refractivity contribution >= 4 is 25.1 Å². The minimum Gasteiger partial charge on any atom is -0.462 e. The molecule has 1 saturated heterocycles. The Morgan fingerprint density at radius 2 is 2.00 bits per heavy atom. The molecule has 2 aromatic heterocycles. The summed E-state index contributed by atoms with van der Waals surface area (Å²) in [6.45, 7) is 4.17. The third-order valence-corrected chi connectivity index (χ3v) is 7.57. The summed E-state index contributed by atoms with van der Waals surface area (Å²) in [5, 5.41) is 38.4. The molecule has 1 fully saturated rings. The average Bonchev–Trinajstić information content (AvgIpc) is 3.44. The van der Waals surface area contributed by atoms with Gasteiger partial charge in [0.15, 0.2) is 5.82 Å². The van der Waals surface area contributed by atoms with Crippen molar-refractivity contribution in [2.75, 3.05) is 12.3 Å². The molecule has 1 aliphatic rings. The zero-order valence-corrected chi connectivity index (χ0v) is 22.3. The number of nitrogens with two attached hydrogens (primary N) is 1. The molecule has 39 heavy (non-hydrogen) atoms. The van der Waals surface area contributed by atoms with E-state index < -0.39 is 56.4 Å². The lowest BCUT2D eigenvalue weighted by Crippen LogP contribution is -2.41. The number of carbonyl (C=O) groups is 1. The number of aromatic nitrogens is 3. The maximum absolute atomic E-state index is 13.7. The quantitative estimate of drug-likeness (QED) is 0.204. The molecule has 0 amide bonds. The van der Waals surface area contributed by atoms with E-state index in [0.29, 0.717) is 5.52 Å². The minimum absolute atomic E-state index is 0.0926. The molecule has 0 aliphatic carbocycles. The summed E-state index contributed by atoms with van der Waals surface area (Å²) in [6, 6.07) is 11.9. The third-order valence-electron chi connectivity index (χ3n) is 5.92. The van der Waals surface area contributed by atoms with Gasteiger partial charge in [-0.3, -0.25) is 9.32 Å². The fraction of sp³-hybridized carbons (Fsp3) is 0.417. The predicted molar refractivity (Wildman–Crippen MR) is 136 cm³/mol. The SMILES string of the molecule is CC(C)OC(=O)[C@H](C)N[P@@](=O)(OC[C@H]1O[C@@](C#N)(c2ccc3c(N)ncnn23)[C@H](O)[C@@H]1O)Oc1ccccc1. The van der Waals surface area contributed by atoms with E-state index in [4.69, 9.17) is 24.3 Å². The van der Waals surface area contributed by atoms with Gasteiger partial charge in [-0.15, -0.1) is 0 Å². The highest BCUT2D eigenvalue weighted by Crippen LogP contribution is 2.47. The van der Waals surface area contributed by atoms with E-state index >= 15 is 0 Å². The Hall–Kier alpha value is -3.57. The van der Waals surface area contributed by atoms with Gasteiger partial charge in [-0.25, -0.2) is 14.1 Å². The number of nitriles is 1. The molecule has 1 aliphatic heterocycles. The molecule has 6 atom stereocenters. The van der Waals surface area contributed by atoms with Gasteiger partial charge >= 0.3 is 13.7 Å². The summed E-state index contributed by atoms with van der Waals surface area (Å²) in [5.41, 5.74) is 4.25. The maximum atomic E-state index is 13.7. The Labute approximate surface area is 223 Å². The van der Waals surface area contributed by atoms with Crippen LogP contribution >= 0.6 is 7.75 Å². The number of hydrogen-bond donors (Lipinski definition) is 4. The van der Waals surface area contributed by atoms with Gasteiger partial charge < -0.3 is 29.9 Å². The molecular formula is C24H29N6O8P. The van der Waals surface area contributed by atoms with Crippen LogP contribution in [0.2, 0.25) is 0 Å². The summed E-state index contributed by atoms with van der Waals surface area (Å²) in [6.07, 6.45) is -3.96. The summed E-state index contributed by atoms with van der Waals surface area (Å²) >= 11 is 0. The summed E-state index contributed by atoms with van der Waals surface area (Å²) < 4.78 is 37.2. The molecule has 3 aromatic rings. The lowest BCUT2D eigenvalue weighted by atomic mass is 9.92. The van der Waals surface area contributed by atoms with Gasteiger partial charge in [0, 0.05) is 0 Å². The van der Waals surface area contributed by atoms with Gasteiger partial charge in [0.1, 0.15) is 48.0 Å². The number of rotatable bonds is 10. The largest absolute Gasteiger partial charge is 0.462 e. The second-order valence-corrected chi connectivity index (χ2v) is 10.8. The number of nitrogens with zero attached hydrogens (tertiary/aromatic N) is 4. The van der Waals surface area contributed by atoms with Crippen LogP contribution in [0, 0.1) is 11.3 Å². The van der Waals surface area contributed by atoms with Crippen LogP contribution in [-0.4, -0.2) is 67.8 Å². The van der Waals surface area contributed by atoms with Gasteiger partial charge in [0.25, 0.3) is 0 Å². The van der Waals surface area contributed by atoms with Crippen LogP contribution in [0.5, 0.6) is 5.75 Å². The number of para-hydroxylation sites is 1. The van der Waals surface area contributed by atoms with E-state index in [-0.39, 0.29) is 17.3 Å². The maximum Gasteiger partial charge on any atom is 0.459 e. The Morgan fingerprint density at radius 3 is 2.67 bits per heavy atom. The third kappa shape index (κ3) is 5.74. The number of anilines is 1. The molecule has 0 spiro atoms. The molecular weight excluding hydrogens is 531 g/mol. The van der Waals surface area contributed by atoms with Gasteiger partial charge in [-0.1, -0.05) is 18.2 Å². The summed E-state index contributed by atoms with van der Waals surface area (Å²) in [7, 11) is -4.30. The van der Waals surface area contributed by atoms with Crippen molar-refractivity contribution < 1.29 is 38.1 Å². The molecule has 0 unspecified atom stereocenters. The van der Waals surface area contributed by atoms with E-state index in [1.165, 1.54) is 36.0 Å². The molecule has 1 aromatic carbocycles. The van der Waals surface area contributed by atoms with Crippen LogP contribution in [0.3, 0.4) is 0 Å². The van der Waals surface area contributed by atoms with Gasteiger partial charge in [-0.2, -0.15) is 15.4 Å². The predicted octanol–water partition coefficient (Wildman–Crippen LogP) is 1.28. The number of benzene rings is 1. The number of aliphatic hydroxyl groups excluding tert-OH is 2.